The molecule has 2 N–H and O–H groups in total. The normalized spacial score (nSPS) is 11.0. The second-order valence-electron chi connectivity index (χ2n) is 4.45. The molecule has 3 nitrogen and oxygen atoms in total. The highest BCUT2D eigenvalue weighted by atomic mass is 16.2. The SMILES string of the molecule is C=C(CNCCC)CN(C)CCCCCO. The van der Waals surface area contributed by atoms with E-state index < -0.39 is 0 Å². The van der Waals surface area contributed by atoms with E-state index in [4.69, 9.17) is 5.11 Å². The second kappa shape index (κ2) is 11.1. The Balaban J connectivity index is 3.39. The molecule has 0 aromatic rings. The van der Waals surface area contributed by atoms with Crippen LogP contribution < -0.4 is 5.32 Å². The van der Waals surface area contributed by atoms with Crippen LogP contribution in [0.15, 0.2) is 12.2 Å². The van der Waals surface area contributed by atoms with E-state index in [9.17, 15) is 0 Å². The third kappa shape index (κ3) is 10.1. The standard InChI is InChI=1S/C13H28N2O/c1-4-8-14-11-13(2)12-15(3)9-6-5-7-10-16/h14,16H,2,4-12H2,1,3H3. The average Bonchev–Trinajstić information content (AvgIpc) is 2.25. The second-order valence-corrected chi connectivity index (χ2v) is 4.45. The first-order valence-electron chi connectivity index (χ1n) is 6.37. The zero-order valence-corrected chi connectivity index (χ0v) is 11.0. The Kier molecular flexibility index (Phi) is 10.9. The quantitative estimate of drug-likeness (QED) is 0.417. The number of nitrogens with zero attached hydrogens (tertiary/aromatic N) is 1. The molecule has 0 aromatic heterocycles. The van der Waals surface area contributed by atoms with Gasteiger partial charge in [-0.1, -0.05) is 13.5 Å². The number of aliphatic hydroxyl groups excluding tert-OH is 1. The number of nitrogens with one attached hydrogen (secondary N) is 1. The minimum atomic E-state index is 0.317. The fourth-order valence-electron chi connectivity index (χ4n) is 1.63. The highest BCUT2D eigenvalue weighted by molar-refractivity contribution is 4.99. The summed E-state index contributed by atoms with van der Waals surface area (Å²) in [6.45, 7) is 10.6. The molecule has 3 heteroatoms. The van der Waals surface area contributed by atoms with Crippen LogP contribution in [-0.4, -0.2) is 49.8 Å². The molecule has 0 saturated heterocycles. The summed E-state index contributed by atoms with van der Waals surface area (Å²) in [5, 5.41) is 12.0. The van der Waals surface area contributed by atoms with Crippen molar-refractivity contribution < 1.29 is 5.11 Å². The van der Waals surface area contributed by atoms with Gasteiger partial charge in [-0.3, -0.25) is 0 Å². The lowest BCUT2D eigenvalue weighted by Crippen LogP contribution is -2.27. The topological polar surface area (TPSA) is 35.5 Å². The van der Waals surface area contributed by atoms with E-state index in [1.54, 1.807) is 0 Å². The van der Waals surface area contributed by atoms with Crippen molar-refractivity contribution in [2.75, 3.05) is 39.8 Å². The Bertz CT molecular complexity index is 171. The van der Waals surface area contributed by atoms with Crippen molar-refractivity contribution in [2.24, 2.45) is 0 Å². The fraction of sp³-hybridized carbons (Fsp3) is 0.846. The molecule has 0 aliphatic carbocycles. The molecule has 0 aromatic carbocycles. The van der Waals surface area contributed by atoms with Crippen molar-refractivity contribution in [3.63, 3.8) is 0 Å². The summed E-state index contributed by atoms with van der Waals surface area (Å²) < 4.78 is 0. The molecule has 0 fully saturated rings. The molecular weight excluding hydrogens is 200 g/mol. The van der Waals surface area contributed by atoms with E-state index in [2.05, 4.69) is 30.8 Å². The van der Waals surface area contributed by atoms with Crippen molar-refractivity contribution in [3.8, 4) is 0 Å². The van der Waals surface area contributed by atoms with Crippen LogP contribution in [0, 0.1) is 0 Å². The molecule has 0 unspecified atom stereocenters. The Labute approximate surface area is 101 Å². The molecule has 0 bridgehead atoms. The number of rotatable bonds is 11. The molecule has 0 radical (unpaired) electrons. The van der Waals surface area contributed by atoms with Gasteiger partial charge < -0.3 is 15.3 Å². The molecule has 0 rings (SSSR count). The van der Waals surface area contributed by atoms with Gasteiger partial charge >= 0.3 is 0 Å². The summed E-state index contributed by atoms with van der Waals surface area (Å²) in [5.74, 6) is 0. The maximum Gasteiger partial charge on any atom is 0.0431 e. The summed E-state index contributed by atoms with van der Waals surface area (Å²) in [4.78, 5) is 2.30. The largest absolute Gasteiger partial charge is 0.396 e. The summed E-state index contributed by atoms with van der Waals surface area (Å²) in [6.07, 6.45) is 4.37. The van der Waals surface area contributed by atoms with Crippen LogP contribution in [0.25, 0.3) is 0 Å². The number of unbranched alkanes of at least 4 members (excludes halogenated alkanes) is 2. The number of aliphatic hydroxyl groups is 1. The lowest BCUT2D eigenvalue weighted by atomic mass is 10.2. The third-order valence-electron chi connectivity index (χ3n) is 2.49. The zero-order chi connectivity index (χ0) is 12.2. The Hall–Kier alpha value is -0.380. The number of likely N-dealkylation sites (N-methyl/N-ethyl adjacent to an activating group) is 1. The van der Waals surface area contributed by atoms with Crippen molar-refractivity contribution >= 4 is 0 Å². The first-order valence-corrected chi connectivity index (χ1v) is 6.37. The maximum absolute atomic E-state index is 8.66. The lowest BCUT2D eigenvalue weighted by Gasteiger charge is -2.18. The molecule has 0 spiro atoms. The minimum absolute atomic E-state index is 0.317. The van der Waals surface area contributed by atoms with Gasteiger partial charge in [0.2, 0.25) is 0 Å². The molecule has 0 amide bonds. The molecule has 16 heavy (non-hydrogen) atoms. The molecule has 0 saturated carbocycles. The summed E-state index contributed by atoms with van der Waals surface area (Å²) in [5.41, 5.74) is 1.25. The predicted octanol–water partition coefficient (Wildman–Crippen LogP) is 1.64. The van der Waals surface area contributed by atoms with E-state index in [1.165, 1.54) is 12.0 Å². The highest BCUT2D eigenvalue weighted by Gasteiger charge is 2.00. The highest BCUT2D eigenvalue weighted by Crippen LogP contribution is 1.99. The Morgan fingerprint density at radius 3 is 2.69 bits per heavy atom. The third-order valence-corrected chi connectivity index (χ3v) is 2.49. The summed E-state index contributed by atoms with van der Waals surface area (Å²) >= 11 is 0. The smallest absolute Gasteiger partial charge is 0.0431 e. The lowest BCUT2D eigenvalue weighted by molar-refractivity contribution is 0.275. The van der Waals surface area contributed by atoms with Gasteiger partial charge in [-0.05, 0) is 51.4 Å². The van der Waals surface area contributed by atoms with E-state index in [0.717, 1.165) is 45.4 Å². The van der Waals surface area contributed by atoms with Gasteiger partial charge in [0.1, 0.15) is 0 Å². The Morgan fingerprint density at radius 2 is 2.06 bits per heavy atom. The monoisotopic (exact) mass is 228 g/mol. The molecule has 0 atom stereocenters. The Morgan fingerprint density at radius 1 is 1.31 bits per heavy atom. The summed E-state index contributed by atoms with van der Waals surface area (Å²) in [7, 11) is 2.13. The fourth-order valence-corrected chi connectivity index (χ4v) is 1.63. The molecule has 0 aliphatic rings. The van der Waals surface area contributed by atoms with Gasteiger partial charge in [-0.15, -0.1) is 0 Å². The number of hydrogen-bond acceptors (Lipinski definition) is 3. The first-order chi connectivity index (χ1) is 7.70. The van der Waals surface area contributed by atoms with E-state index >= 15 is 0 Å². The van der Waals surface area contributed by atoms with Crippen molar-refractivity contribution in [3.05, 3.63) is 12.2 Å². The van der Waals surface area contributed by atoms with Crippen molar-refractivity contribution in [2.45, 2.75) is 32.6 Å². The van der Waals surface area contributed by atoms with Gasteiger partial charge in [0.05, 0.1) is 0 Å². The predicted molar refractivity (Wildman–Crippen MR) is 70.7 cm³/mol. The van der Waals surface area contributed by atoms with Crippen LogP contribution in [0.5, 0.6) is 0 Å². The van der Waals surface area contributed by atoms with E-state index in [1.807, 2.05) is 0 Å². The van der Waals surface area contributed by atoms with Crippen LogP contribution in [0.3, 0.4) is 0 Å². The van der Waals surface area contributed by atoms with Crippen LogP contribution in [0.4, 0.5) is 0 Å². The first kappa shape index (κ1) is 15.6. The molecule has 0 aliphatic heterocycles. The van der Waals surface area contributed by atoms with Gasteiger partial charge in [0, 0.05) is 19.7 Å². The van der Waals surface area contributed by atoms with Gasteiger partial charge in [-0.2, -0.15) is 0 Å². The van der Waals surface area contributed by atoms with Gasteiger partial charge in [0.15, 0.2) is 0 Å². The molecule has 0 heterocycles. The number of hydrogen-bond donors (Lipinski definition) is 2. The molecule has 96 valence electrons. The zero-order valence-electron chi connectivity index (χ0n) is 11.0. The summed E-state index contributed by atoms with van der Waals surface area (Å²) in [6, 6.07) is 0. The van der Waals surface area contributed by atoms with Crippen LogP contribution in [0.1, 0.15) is 32.6 Å². The average molecular weight is 228 g/mol. The minimum Gasteiger partial charge on any atom is -0.396 e. The van der Waals surface area contributed by atoms with Crippen LogP contribution >= 0.6 is 0 Å². The van der Waals surface area contributed by atoms with Gasteiger partial charge in [0.25, 0.3) is 0 Å². The van der Waals surface area contributed by atoms with Crippen LogP contribution in [0.2, 0.25) is 0 Å². The van der Waals surface area contributed by atoms with E-state index in [-0.39, 0.29) is 0 Å². The molecular formula is C13H28N2O. The van der Waals surface area contributed by atoms with Crippen molar-refractivity contribution in [1.29, 1.82) is 0 Å². The van der Waals surface area contributed by atoms with Gasteiger partial charge in [-0.25, -0.2) is 0 Å². The van der Waals surface area contributed by atoms with Crippen molar-refractivity contribution in [1.82, 2.24) is 10.2 Å². The maximum atomic E-state index is 8.66. The van der Waals surface area contributed by atoms with Crippen LogP contribution in [-0.2, 0) is 0 Å². The van der Waals surface area contributed by atoms with E-state index in [0.29, 0.717) is 6.61 Å².